The van der Waals surface area contributed by atoms with Gasteiger partial charge in [0.2, 0.25) is 0 Å². The first-order valence-electron chi connectivity index (χ1n) is 4.10. The third-order valence-electron chi connectivity index (χ3n) is 1.50. The predicted molar refractivity (Wildman–Crippen MR) is 59.3 cm³/mol. The van der Waals surface area contributed by atoms with E-state index in [1.807, 2.05) is 36.9 Å². The van der Waals surface area contributed by atoms with Crippen molar-refractivity contribution in [3.8, 4) is 0 Å². The van der Waals surface area contributed by atoms with Crippen molar-refractivity contribution in [2.75, 3.05) is 0 Å². The van der Waals surface area contributed by atoms with Crippen LogP contribution in [0.5, 0.6) is 0 Å². The summed E-state index contributed by atoms with van der Waals surface area (Å²) in [4.78, 5) is 8.27. The molecule has 4 heteroatoms. The maximum atomic E-state index is 4.13. The van der Waals surface area contributed by atoms with Gasteiger partial charge in [0, 0.05) is 0 Å². The standard InChI is InChI=1S/C10H8N2Te2/c1-3-9(7-11-5-1)13-14-10-4-2-6-12-8-10/h1-8H. The number of rotatable bonds is 3. The SMILES string of the molecule is c1cncc([Te][Te]c2cccnc2)c1. The molecule has 0 saturated carbocycles. The average Bonchev–Trinajstić information content (AvgIpc) is 2.29. The fraction of sp³-hybridized carbons (Fsp3) is 0. The van der Waals surface area contributed by atoms with Crippen molar-refractivity contribution in [3.05, 3.63) is 49.1 Å². The van der Waals surface area contributed by atoms with Crippen LogP contribution in [0.15, 0.2) is 49.1 Å². The molecule has 0 fully saturated rings. The summed E-state index contributed by atoms with van der Waals surface area (Å²) in [5.74, 6) is 0. The van der Waals surface area contributed by atoms with E-state index >= 15 is 0 Å². The van der Waals surface area contributed by atoms with Crippen LogP contribution in [0.2, 0.25) is 0 Å². The molecule has 0 aliphatic heterocycles. The molecule has 0 spiro atoms. The number of aromatic nitrogens is 2. The Kier molecular flexibility index (Phi) is 4.22. The Balaban J connectivity index is 1.96. The van der Waals surface area contributed by atoms with Crippen LogP contribution in [0.4, 0.5) is 0 Å². The summed E-state index contributed by atoms with van der Waals surface area (Å²) in [7, 11) is 0. The van der Waals surface area contributed by atoms with E-state index in [-0.39, 0.29) is 34.1 Å². The van der Waals surface area contributed by atoms with Gasteiger partial charge in [-0.1, -0.05) is 0 Å². The molecule has 2 aromatic heterocycles. The number of nitrogens with zero attached hydrogens (tertiary/aromatic N) is 2. The van der Waals surface area contributed by atoms with Crippen molar-refractivity contribution in [1.82, 2.24) is 9.97 Å². The van der Waals surface area contributed by atoms with Crippen LogP contribution in [0.25, 0.3) is 0 Å². The second kappa shape index (κ2) is 5.69. The van der Waals surface area contributed by atoms with Gasteiger partial charge in [0.1, 0.15) is 0 Å². The van der Waals surface area contributed by atoms with E-state index in [9.17, 15) is 0 Å². The van der Waals surface area contributed by atoms with Gasteiger partial charge >= 0.3 is 100 Å². The van der Waals surface area contributed by atoms with Gasteiger partial charge in [0.05, 0.1) is 0 Å². The van der Waals surface area contributed by atoms with Gasteiger partial charge in [0.25, 0.3) is 0 Å². The average molecular weight is 411 g/mol. The van der Waals surface area contributed by atoms with Gasteiger partial charge in [-0.15, -0.1) is 0 Å². The van der Waals surface area contributed by atoms with Crippen molar-refractivity contribution >= 4 is 41.3 Å². The first-order valence-corrected chi connectivity index (χ1v) is 13.8. The maximum absolute atomic E-state index is 4.13. The van der Waals surface area contributed by atoms with Crippen molar-refractivity contribution < 1.29 is 0 Å². The Labute approximate surface area is 99.5 Å². The molecule has 2 heterocycles. The molecule has 0 aliphatic carbocycles. The van der Waals surface area contributed by atoms with E-state index in [4.69, 9.17) is 0 Å². The zero-order valence-corrected chi connectivity index (χ0v) is 12.0. The molecule has 2 nitrogen and oxygen atoms in total. The van der Waals surface area contributed by atoms with Crippen LogP contribution in [-0.4, -0.2) is 44.1 Å². The summed E-state index contributed by atoms with van der Waals surface area (Å²) < 4.78 is 2.92. The fourth-order valence-electron chi connectivity index (χ4n) is 0.889. The zero-order chi connectivity index (χ0) is 9.64. The monoisotopic (exact) mass is 416 g/mol. The molecular formula is C10H8N2Te2. The first kappa shape index (κ1) is 10.4. The predicted octanol–water partition coefficient (Wildman–Crippen LogP) is -0.249. The second-order valence-electron chi connectivity index (χ2n) is 2.54. The topological polar surface area (TPSA) is 25.8 Å². The number of hydrogen-bond acceptors (Lipinski definition) is 2. The quantitative estimate of drug-likeness (QED) is 0.652. The number of pyridine rings is 2. The fourth-order valence-corrected chi connectivity index (χ4v) is 10.3. The normalized spacial score (nSPS) is 10.0. The summed E-state index contributed by atoms with van der Waals surface area (Å²) in [6, 6.07) is 8.43. The van der Waals surface area contributed by atoms with E-state index in [0.717, 1.165) is 0 Å². The van der Waals surface area contributed by atoms with Gasteiger partial charge in [-0.25, -0.2) is 0 Å². The van der Waals surface area contributed by atoms with E-state index in [0.29, 0.717) is 0 Å². The molecule has 0 unspecified atom stereocenters. The Bertz CT molecular complexity index is 338. The van der Waals surface area contributed by atoms with Gasteiger partial charge < -0.3 is 0 Å². The van der Waals surface area contributed by atoms with Crippen LogP contribution in [0, 0.1) is 0 Å². The second-order valence-corrected chi connectivity index (χ2v) is 12.6. The van der Waals surface area contributed by atoms with Crippen molar-refractivity contribution in [2.24, 2.45) is 0 Å². The van der Waals surface area contributed by atoms with E-state index in [1.54, 1.807) is 0 Å². The Morgan fingerprint density at radius 3 is 1.64 bits per heavy atom. The molecule has 0 aromatic carbocycles. The van der Waals surface area contributed by atoms with Gasteiger partial charge in [-0.2, -0.15) is 0 Å². The van der Waals surface area contributed by atoms with Crippen molar-refractivity contribution in [2.45, 2.75) is 0 Å². The first-order chi connectivity index (χ1) is 6.95. The molecule has 0 N–H and O–H groups in total. The van der Waals surface area contributed by atoms with Crippen LogP contribution < -0.4 is 7.22 Å². The minimum atomic E-state index is -0.00286. The van der Waals surface area contributed by atoms with Crippen LogP contribution in [0.3, 0.4) is 0 Å². The summed E-state index contributed by atoms with van der Waals surface area (Å²) in [6.45, 7) is 0. The van der Waals surface area contributed by atoms with E-state index in [1.165, 1.54) is 7.22 Å². The van der Waals surface area contributed by atoms with Gasteiger partial charge in [-0.05, 0) is 0 Å². The molecule has 14 heavy (non-hydrogen) atoms. The summed E-state index contributed by atoms with van der Waals surface area (Å²) in [5.41, 5.74) is 0. The third kappa shape index (κ3) is 3.23. The molecule has 0 aliphatic rings. The molecule has 0 saturated heterocycles. The van der Waals surface area contributed by atoms with Crippen LogP contribution in [0.1, 0.15) is 0 Å². The number of hydrogen-bond donors (Lipinski definition) is 0. The minimum absolute atomic E-state index is 0.00286. The van der Waals surface area contributed by atoms with E-state index in [2.05, 4.69) is 22.1 Å². The molecule has 2 aromatic rings. The molecule has 0 atom stereocenters. The molecule has 70 valence electrons. The molecule has 0 radical (unpaired) electrons. The molecule has 0 bridgehead atoms. The van der Waals surface area contributed by atoms with Crippen LogP contribution in [-0.2, 0) is 0 Å². The van der Waals surface area contributed by atoms with E-state index < -0.39 is 0 Å². The third-order valence-corrected chi connectivity index (χ3v) is 13.2. The molecular weight excluding hydrogens is 403 g/mol. The summed E-state index contributed by atoms with van der Waals surface area (Å²) in [6.07, 6.45) is 7.68. The summed E-state index contributed by atoms with van der Waals surface area (Å²) in [5, 5.41) is 0. The van der Waals surface area contributed by atoms with Gasteiger partial charge in [-0.3, -0.25) is 0 Å². The Morgan fingerprint density at radius 2 is 1.29 bits per heavy atom. The Morgan fingerprint density at radius 1 is 0.786 bits per heavy atom. The molecule has 0 amide bonds. The van der Waals surface area contributed by atoms with Crippen molar-refractivity contribution in [1.29, 1.82) is 0 Å². The van der Waals surface area contributed by atoms with Crippen LogP contribution >= 0.6 is 0 Å². The molecule has 2 rings (SSSR count). The Hall–Kier alpha value is -0.121. The zero-order valence-electron chi connectivity index (χ0n) is 7.33. The van der Waals surface area contributed by atoms with Crippen molar-refractivity contribution in [3.63, 3.8) is 0 Å². The van der Waals surface area contributed by atoms with Gasteiger partial charge in [0.15, 0.2) is 0 Å². The summed E-state index contributed by atoms with van der Waals surface area (Å²) >= 11 is -0.00573.